The summed E-state index contributed by atoms with van der Waals surface area (Å²) in [6.07, 6.45) is 4.22. The lowest BCUT2D eigenvalue weighted by molar-refractivity contribution is -0.122. The first-order valence-corrected chi connectivity index (χ1v) is 11.5. The molecule has 0 fully saturated rings. The van der Waals surface area contributed by atoms with Gasteiger partial charge < -0.3 is 15.5 Å². The monoisotopic (exact) mass is 471 g/mol. The molecular formula is C24H30BrN3O2. The van der Waals surface area contributed by atoms with Gasteiger partial charge in [-0.2, -0.15) is 0 Å². The van der Waals surface area contributed by atoms with Crippen LogP contribution in [0.15, 0.2) is 53.0 Å². The lowest BCUT2D eigenvalue weighted by atomic mass is 9.87. The molecule has 0 radical (unpaired) electrons. The van der Waals surface area contributed by atoms with E-state index in [9.17, 15) is 9.59 Å². The number of hydrogen-bond donors (Lipinski definition) is 2. The van der Waals surface area contributed by atoms with Gasteiger partial charge >= 0.3 is 6.03 Å². The van der Waals surface area contributed by atoms with Crippen molar-refractivity contribution < 1.29 is 9.59 Å². The number of amides is 3. The molecule has 2 atom stereocenters. The van der Waals surface area contributed by atoms with Gasteiger partial charge in [0, 0.05) is 29.2 Å². The number of anilines is 1. The predicted molar refractivity (Wildman–Crippen MR) is 125 cm³/mol. The van der Waals surface area contributed by atoms with E-state index in [-0.39, 0.29) is 30.4 Å². The average molecular weight is 472 g/mol. The maximum atomic E-state index is 12.8. The van der Waals surface area contributed by atoms with Crippen molar-refractivity contribution in [2.75, 3.05) is 11.9 Å². The molecule has 5 nitrogen and oxygen atoms in total. The van der Waals surface area contributed by atoms with Crippen molar-refractivity contribution >= 4 is 33.6 Å². The Balaban J connectivity index is 1.58. The van der Waals surface area contributed by atoms with Crippen LogP contribution in [0.25, 0.3) is 0 Å². The first kappa shape index (κ1) is 22.3. The van der Waals surface area contributed by atoms with Gasteiger partial charge in [-0.05, 0) is 68.0 Å². The van der Waals surface area contributed by atoms with Crippen molar-refractivity contribution in [2.24, 2.45) is 0 Å². The third-order valence-electron chi connectivity index (χ3n) is 5.76. The first-order valence-electron chi connectivity index (χ1n) is 10.7. The van der Waals surface area contributed by atoms with Gasteiger partial charge in [0.2, 0.25) is 5.91 Å². The zero-order valence-corrected chi connectivity index (χ0v) is 19.2. The number of halogens is 1. The molecule has 3 amide bonds. The van der Waals surface area contributed by atoms with E-state index >= 15 is 0 Å². The standard InChI is InChI=1S/C24H30BrN3O2/c1-3-17(2)28(24(30)26-20-13-11-19(25)12-14-20)16-15-23(29)27-22-10-6-8-18-7-4-5-9-21(18)22/h4-5,7,9,11-14,17,22H,3,6,8,10,15-16H2,1-2H3,(H,26,30)(H,27,29). The number of urea groups is 1. The molecule has 2 N–H and O–H groups in total. The average Bonchev–Trinajstić information content (AvgIpc) is 2.75. The number of nitrogens with zero attached hydrogens (tertiary/aromatic N) is 1. The van der Waals surface area contributed by atoms with E-state index in [0.717, 1.165) is 35.8 Å². The van der Waals surface area contributed by atoms with Gasteiger partial charge in [0.1, 0.15) is 0 Å². The minimum Gasteiger partial charge on any atom is -0.349 e. The predicted octanol–water partition coefficient (Wildman–Crippen LogP) is 5.67. The quantitative estimate of drug-likeness (QED) is 0.546. The highest BCUT2D eigenvalue weighted by Gasteiger charge is 2.23. The summed E-state index contributed by atoms with van der Waals surface area (Å²) in [4.78, 5) is 27.3. The fourth-order valence-corrected chi connectivity index (χ4v) is 4.13. The molecule has 0 heterocycles. The van der Waals surface area contributed by atoms with E-state index in [1.165, 1.54) is 11.1 Å². The molecule has 0 spiro atoms. The second kappa shape index (κ2) is 10.6. The highest BCUT2D eigenvalue weighted by molar-refractivity contribution is 9.10. The molecule has 1 aliphatic carbocycles. The van der Waals surface area contributed by atoms with Crippen LogP contribution in [0.4, 0.5) is 10.5 Å². The highest BCUT2D eigenvalue weighted by Crippen LogP contribution is 2.29. The zero-order valence-electron chi connectivity index (χ0n) is 17.7. The maximum absolute atomic E-state index is 12.8. The number of nitrogens with one attached hydrogen (secondary N) is 2. The molecule has 30 heavy (non-hydrogen) atoms. The number of hydrogen-bond acceptors (Lipinski definition) is 2. The maximum Gasteiger partial charge on any atom is 0.322 e. The molecule has 0 saturated heterocycles. The van der Waals surface area contributed by atoms with Crippen LogP contribution in [0.1, 0.15) is 56.7 Å². The van der Waals surface area contributed by atoms with Crippen LogP contribution < -0.4 is 10.6 Å². The molecule has 2 aromatic carbocycles. The van der Waals surface area contributed by atoms with Gasteiger partial charge in [0.25, 0.3) is 0 Å². The van der Waals surface area contributed by atoms with Crippen molar-refractivity contribution in [2.45, 2.75) is 58.0 Å². The second-order valence-electron chi connectivity index (χ2n) is 7.85. The van der Waals surface area contributed by atoms with Crippen LogP contribution in [-0.4, -0.2) is 29.4 Å². The highest BCUT2D eigenvalue weighted by atomic mass is 79.9. The zero-order chi connectivity index (χ0) is 21.5. The summed E-state index contributed by atoms with van der Waals surface area (Å²) in [7, 11) is 0. The summed E-state index contributed by atoms with van der Waals surface area (Å²) in [5.41, 5.74) is 3.28. The minimum absolute atomic E-state index is 0.0125. The Kier molecular flexibility index (Phi) is 7.91. The summed E-state index contributed by atoms with van der Waals surface area (Å²) in [5.74, 6) is -0.0125. The number of aryl methyl sites for hydroxylation is 1. The van der Waals surface area contributed by atoms with Gasteiger partial charge in [-0.25, -0.2) is 4.79 Å². The van der Waals surface area contributed by atoms with E-state index < -0.39 is 0 Å². The first-order chi connectivity index (χ1) is 14.5. The third-order valence-corrected chi connectivity index (χ3v) is 6.29. The Hall–Kier alpha value is -2.34. The lowest BCUT2D eigenvalue weighted by Gasteiger charge is -2.30. The van der Waals surface area contributed by atoms with E-state index in [4.69, 9.17) is 0 Å². The van der Waals surface area contributed by atoms with Crippen molar-refractivity contribution in [3.05, 3.63) is 64.1 Å². The van der Waals surface area contributed by atoms with Gasteiger partial charge in [-0.15, -0.1) is 0 Å². The fourth-order valence-electron chi connectivity index (χ4n) is 3.86. The molecule has 0 bridgehead atoms. The Bertz CT molecular complexity index is 869. The SMILES string of the molecule is CCC(C)N(CCC(=O)NC1CCCc2ccccc21)C(=O)Nc1ccc(Br)cc1. The van der Waals surface area contributed by atoms with Crippen LogP contribution >= 0.6 is 15.9 Å². The molecule has 6 heteroatoms. The lowest BCUT2D eigenvalue weighted by Crippen LogP contribution is -2.43. The van der Waals surface area contributed by atoms with Crippen LogP contribution in [0, 0.1) is 0 Å². The molecule has 1 aliphatic rings. The number of benzene rings is 2. The van der Waals surface area contributed by atoms with Crippen molar-refractivity contribution in [3.8, 4) is 0 Å². The van der Waals surface area contributed by atoms with Crippen LogP contribution in [0.3, 0.4) is 0 Å². The Labute approximate surface area is 187 Å². The molecule has 2 unspecified atom stereocenters. The van der Waals surface area contributed by atoms with Crippen LogP contribution in [0.2, 0.25) is 0 Å². The summed E-state index contributed by atoms with van der Waals surface area (Å²) in [6.45, 7) is 4.44. The normalized spacial score (nSPS) is 16.3. The van der Waals surface area contributed by atoms with E-state index in [0.29, 0.717) is 6.54 Å². The van der Waals surface area contributed by atoms with Gasteiger partial charge in [-0.3, -0.25) is 4.79 Å². The molecule has 0 aromatic heterocycles. The van der Waals surface area contributed by atoms with Crippen LogP contribution in [0.5, 0.6) is 0 Å². The Morgan fingerprint density at radius 2 is 1.90 bits per heavy atom. The third kappa shape index (κ3) is 5.85. The summed E-state index contributed by atoms with van der Waals surface area (Å²) >= 11 is 3.40. The van der Waals surface area contributed by atoms with E-state index in [1.54, 1.807) is 4.90 Å². The molecule has 0 aliphatic heterocycles. The fraction of sp³-hybridized carbons (Fsp3) is 0.417. The Morgan fingerprint density at radius 1 is 1.17 bits per heavy atom. The number of fused-ring (bicyclic) bond motifs is 1. The second-order valence-corrected chi connectivity index (χ2v) is 8.76. The number of carbonyl (C=O) groups is 2. The molecule has 160 valence electrons. The molecule has 2 aromatic rings. The topological polar surface area (TPSA) is 61.4 Å². The van der Waals surface area contributed by atoms with Gasteiger partial charge in [0.05, 0.1) is 6.04 Å². The molecule has 0 saturated carbocycles. The van der Waals surface area contributed by atoms with Gasteiger partial charge in [0.15, 0.2) is 0 Å². The Morgan fingerprint density at radius 3 is 2.63 bits per heavy atom. The molecular weight excluding hydrogens is 442 g/mol. The van der Waals surface area contributed by atoms with Crippen molar-refractivity contribution in [1.29, 1.82) is 0 Å². The molecule has 3 rings (SSSR count). The number of rotatable bonds is 7. The minimum atomic E-state index is -0.178. The van der Waals surface area contributed by atoms with Gasteiger partial charge in [-0.1, -0.05) is 47.1 Å². The smallest absolute Gasteiger partial charge is 0.322 e. The van der Waals surface area contributed by atoms with E-state index in [2.05, 4.69) is 44.8 Å². The summed E-state index contributed by atoms with van der Waals surface area (Å²) in [6, 6.07) is 15.7. The van der Waals surface area contributed by atoms with Crippen molar-refractivity contribution in [3.63, 3.8) is 0 Å². The largest absolute Gasteiger partial charge is 0.349 e. The summed E-state index contributed by atoms with van der Waals surface area (Å²) < 4.78 is 0.959. The number of carbonyl (C=O) groups excluding carboxylic acids is 2. The van der Waals surface area contributed by atoms with E-state index in [1.807, 2.05) is 44.2 Å². The van der Waals surface area contributed by atoms with Crippen LogP contribution in [-0.2, 0) is 11.2 Å². The summed E-state index contributed by atoms with van der Waals surface area (Å²) in [5, 5.41) is 6.12. The van der Waals surface area contributed by atoms with Crippen molar-refractivity contribution in [1.82, 2.24) is 10.2 Å².